The second-order valence-corrected chi connectivity index (χ2v) is 6.42. The standard InChI is InChI=1S/C19H16O6/c1-25-19-15-14(12-8(17(19)23)4-2-6-10(12)20)16(22)9-5-3-7-11(21)13(9)18(15)24/h3,5,7,17,19,21,23H,2,4,6H2,1H3/t17-,19-/m0/s1. The van der Waals surface area contributed by atoms with Crippen molar-refractivity contribution in [3.05, 3.63) is 51.6 Å². The summed E-state index contributed by atoms with van der Waals surface area (Å²) in [7, 11) is 1.34. The van der Waals surface area contributed by atoms with Crippen LogP contribution in [-0.2, 0) is 9.53 Å². The van der Waals surface area contributed by atoms with Gasteiger partial charge in [-0.3, -0.25) is 14.4 Å². The third kappa shape index (κ3) is 2.01. The van der Waals surface area contributed by atoms with Crippen molar-refractivity contribution in [3.8, 4) is 5.75 Å². The summed E-state index contributed by atoms with van der Waals surface area (Å²) in [6.45, 7) is 0. The molecule has 1 aromatic rings. The molecule has 0 fully saturated rings. The maximum Gasteiger partial charge on any atom is 0.196 e. The first-order valence-electron chi connectivity index (χ1n) is 8.10. The molecule has 3 aliphatic rings. The van der Waals surface area contributed by atoms with Gasteiger partial charge in [0.2, 0.25) is 0 Å². The molecule has 0 heterocycles. The summed E-state index contributed by atoms with van der Waals surface area (Å²) in [5, 5.41) is 20.7. The van der Waals surface area contributed by atoms with Crippen LogP contribution in [0.4, 0.5) is 0 Å². The number of Topliss-reactive ketones (excluding diaryl/α,β-unsaturated/α-hetero) is 3. The number of phenols is 1. The molecule has 3 aliphatic carbocycles. The zero-order valence-electron chi connectivity index (χ0n) is 13.5. The normalized spacial score (nSPS) is 25.8. The van der Waals surface area contributed by atoms with Crippen LogP contribution in [0.1, 0.15) is 40.0 Å². The van der Waals surface area contributed by atoms with Crippen molar-refractivity contribution in [1.82, 2.24) is 0 Å². The molecule has 0 aromatic heterocycles. The SMILES string of the molecule is CO[C@H]1C2=C(C(=O)c3cccc(O)c3C2=O)C2=C(CCCC2=O)[C@@H]1O. The average Bonchev–Trinajstić information content (AvgIpc) is 2.60. The van der Waals surface area contributed by atoms with Crippen LogP contribution in [0.25, 0.3) is 0 Å². The molecule has 0 spiro atoms. The lowest BCUT2D eigenvalue weighted by molar-refractivity contribution is -0.116. The number of hydrogen-bond acceptors (Lipinski definition) is 6. The molecule has 0 unspecified atom stereocenters. The summed E-state index contributed by atoms with van der Waals surface area (Å²) in [5.41, 5.74) is 0.581. The summed E-state index contributed by atoms with van der Waals surface area (Å²) in [5.74, 6) is -1.62. The van der Waals surface area contributed by atoms with Gasteiger partial charge in [-0.1, -0.05) is 12.1 Å². The van der Waals surface area contributed by atoms with Crippen LogP contribution in [-0.4, -0.2) is 46.9 Å². The van der Waals surface area contributed by atoms with E-state index in [0.717, 1.165) is 0 Å². The van der Waals surface area contributed by atoms with Gasteiger partial charge in [0.25, 0.3) is 0 Å². The molecule has 6 heteroatoms. The highest BCUT2D eigenvalue weighted by Crippen LogP contribution is 2.44. The highest BCUT2D eigenvalue weighted by Gasteiger charge is 2.48. The smallest absolute Gasteiger partial charge is 0.196 e. The van der Waals surface area contributed by atoms with Crippen LogP contribution in [0.15, 0.2) is 40.5 Å². The number of aromatic hydroxyl groups is 1. The van der Waals surface area contributed by atoms with Gasteiger partial charge in [-0.25, -0.2) is 0 Å². The summed E-state index contributed by atoms with van der Waals surface area (Å²) in [6, 6.07) is 4.26. The minimum absolute atomic E-state index is 0.0277. The fourth-order valence-corrected chi connectivity index (χ4v) is 4.04. The number of ether oxygens (including phenoxy) is 1. The lowest BCUT2D eigenvalue weighted by Crippen LogP contribution is -2.44. The first kappa shape index (κ1) is 15.9. The van der Waals surface area contributed by atoms with Crippen molar-refractivity contribution in [3.63, 3.8) is 0 Å². The van der Waals surface area contributed by atoms with Crippen LogP contribution in [0.5, 0.6) is 5.75 Å². The van der Waals surface area contributed by atoms with E-state index in [1.165, 1.54) is 25.3 Å². The van der Waals surface area contributed by atoms with E-state index >= 15 is 0 Å². The number of ketones is 3. The first-order valence-corrected chi connectivity index (χ1v) is 8.10. The van der Waals surface area contributed by atoms with Gasteiger partial charge >= 0.3 is 0 Å². The number of carbonyl (C=O) groups is 3. The Morgan fingerprint density at radius 2 is 1.84 bits per heavy atom. The molecule has 1 aromatic carbocycles. The fourth-order valence-electron chi connectivity index (χ4n) is 4.04. The Morgan fingerprint density at radius 1 is 1.08 bits per heavy atom. The van der Waals surface area contributed by atoms with Gasteiger partial charge in [0.15, 0.2) is 17.3 Å². The molecule has 0 radical (unpaired) electrons. The Bertz CT molecular complexity index is 904. The summed E-state index contributed by atoms with van der Waals surface area (Å²) < 4.78 is 5.32. The number of allylic oxidation sites excluding steroid dienone is 2. The number of benzene rings is 1. The van der Waals surface area contributed by atoms with E-state index in [4.69, 9.17) is 4.74 Å². The molecule has 0 amide bonds. The number of aliphatic hydroxyl groups excluding tert-OH is 1. The van der Waals surface area contributed by atoms with E-state index in [0.29, 0.717) is 18.4 Å². The molecule has 25 heavy (non-hydrogen) atoms. The van der Waals surface area contributed by atoms with E-state index in [1.807, 2.05) is 0 Å². The fraction of sp³-hybridized carbons (Fsp3) is 0.316. The maximum absolute atomic E-state index is 13.1. The predicted molar refractivity (Wildman–Crippen MR) is 86.5 cm³/mol. The van der Waals surface area contributed by atoms with E-state index in [1.54, 1.807) is 0 Å². The van der Waals surface area contributed by atoms with Crippen molar-refractivity contribution < 1.29 is 29.3 Å². The summed E-state index contributed by atoms with van der Waals surface area (Å²) >= 11 is 0. The molecular weight excluding hydrogens is 324 g/mol. The third-order valence-corrected chi connectivity index (χ3v) is 5.14. The van der Waals surface area contributed by atoms with Crippen molar-refractivity contribution in [1.29, 1.82) is 0 Å². The van der Waals surface area contributed by atoms with Gasteiger partial charge in [-0.05, 0) is 24.5 Å². The van der Waals surface area contributed by atoms with Crippen molar-refractivity contribution >= 4 is 17.3 Å². The van der Waals surface area contributed by atoms with E-state index in [2.05, 4.69) is 0 Å². The number of aliphatic hydroxyl groups is 1. The number of carbonyl (C=O) groups excluding carboxylic acids is 3. The lowest BCUT2D eigenvalue weighted by Gasteiger charge is -2.37. The van der Waals surface area contributed by atoms with Crippen LogP contribution < -0.4 is 0 Å². The third-order valence-electron chi connectivity index (χ3n) is 5.14. The quantitative estimate of drug-likeness (QED) is 0.804. The molecule has 0 bridgehead atoms. The van der Waals surface area contributed by atoms with E-state index in [-0.39, 0.29) is 45.8 Å². The van der Waals surface area contributed by atoms with Gasteiger partial charge in [0.05, 0.1) is 5.56 Å². The number of methoxy groups -OCH3 is 1. The Balaban J connectivity index is 2.05. The number of hydrogen-bond donors (Lipinski definition) is 2. The lowest BCUT2D eigenvalue weighted by atomic mass is 9.68. The Morgan fingerprint density at radius 3 is 2.56 bits per heavy atom. The zero-order valence-corrected chi connectivity index (χ0v) is 13.5. The minimum Gasteiger partial charge on any atom is -0.507 e. The average molecular weight is 340 g/mol. The number of phenolic OH excluding ortho intramolecular Hbond substituents is 1. The summed E-state index contributed by atoms with van der Waals surface area (Å²) in [4.78, 5) is 38.6. The molecule has 2 atom stereocenters. The molecule has 4 rings (SSSR count). The molecule has 0 saturated heterocycles. The summed E-state index contributed by atoms with van der Waals surface area (Å²) in [6.07, 6.45) is -0.856. The molecule has 128 valence electrons. The van der Waals surface area contributed by atoms with Gasteiger partial charge in [-0.15, -0.1) is 0 Å². The maximum atomic E-state index is 13.1. The van der Waals surface area contributed by atoms with E-state index < -0.39 is 23.8 Å². The van der Waals surface area contributed by atoms with Gasteiger partial charge in [0, 0.05) is 35.8 Å². The van der Waals surface area contributed by atoms with Crippen LogP contribution >= 0.6 is 0 Å². The molecule has 6 nitrogen and oxygen atoms in total. The van der Waals surface area contributed by atoms with Crippen LogP contribution in [0, 0.1) is 0 Å². The van der Waals surface area contributed by atoms with Gasteiger partial charge in [-0.2, -0.15) is 0 Å². The highest BCUT2D eigenvalue weighted by molar-refractivity contribution is 6.33. The molecule has 2 N–H and O–H groups in total. The zero-order chi connectivity index (χ0) is 17.9. The van der Waals surface area contributed by atoms with Crippen molar-refractivity contribution in [2.75, 3.05) is 7.11 Å². The van der Waals surface area contributed by atoms with Gasteiger partial charge in [0.1, 0.15) is 18.0 Å². The Labute approximate surface area is 143 Å². The Kier molecular flexibility index (Phi) is 3.49. The number of fused-ring (bicyclic) bond motifs is 2. The topological polar surface area (TPSA) is 101 Å². The second-order valence-electron chi connectivity index (χ2n) is 6.42. The highest BCUT2D eigenvalue weighted by atomic mass is 16.5. The van der Waals surface area contributed by atoms with Crippen LogP contribution in [0.3, 0.4) is 0 Å². The molecule has 0 aliphatic heterocycles. The minimum atomic E-state index is -1.16. The van der Waals surface area contributed by atoms with Crippen LogP contribution in [0.2, 0.25) is 0 Å². The monoisotopic (exact) mass is 340 g/mol. The molecular formula is C19H16O6. The Hall–Kier alpha value is -2.57. The van der Waals surface area contributed by atoms with E-state index in [9.17, 15) is 24.6 Å². The predicted octanol–water partition coefficient (Wildman–Crippen LogP) is 1.51. The first-order chi connectivity index (χ1) is 12.0. The second kappa shape index (κ2) is 5.47. The van der Waals surface area contributed by atoms with Crippen molar-refractivity contribution in [2.24, 2.45) is 0 Å². The van der Waals surface area contributed by atoms with Gasteiger partial charge < -0.3 is 14.9 Å². The largest absolute Gasteiger partial charge is 0.507 e. The number of rotatable bonds is 1. The van der Waals surface area contributed by atoms with Crippen molar-refractivity contribution in [2.45, 2.75) is 31.5 Å². The molecule has 0 saturated carbocycles.